The molecule has 1 N–H and O–H groups in total. The molecule has 0 saturated carbocycles. The lowest BCUT2D eigenvalue weighted by Gasteiger charge is -2.35. The molecule has 4 rings (SSSR count). The van der Waals surface area contributed by atoms with Gasteiger partial charge in [-0.3, -0.25) is 9.78 Å². The summed E-state index contributed by atoms with van der Waals surface area (Å²) >= 11 is 0. The molecule has 0 bridgehead atoms. The zero-order valence-corrected chi connectivity index (χ0v) is 17.3. The highest BCUT2D eigenvalue weighted by atomic mass is 16.5. The van der Waals surface area contributed by atoms with E-state index >= 15 is 0 Å². The summed E-state index contributed by atoms with van der Waals surface area (Å²) in [6, 6.07) is 21.9. The van der Waals surface area contributed by atoms with E-state index < -0.39 is 5.54 Å². The summed E-state index contributed by atoms with van der Waals surface area (Å²) in [4.78, 5) is 19.3. The van der Waals surface area contributed by atoms with Crippen molar-refractivity contribution < 1.29 is 9.53 Å². The molecule has 1 aromatic heterocycles. The Labute approximate surface area is 177 Å². The Morgan fingerprint density at radius 2 is 1.77 bits per heavy atom. The average Bonchev–Trinajstić information content (AvgIpc) is 3.21. The number of benzene rings is 2. The summed E-state index contributed by atoms with van der Waals surface area (Å²) < 4.78 is 5.83. The minimum Gasteiger partial charge on any atom is -0.489 e. The smallest absolute Gasteiger partial charge is 0.245 e. The van der Waals surface area contributed by atoms with Crippen molar-refractivity contribution in [3.05, 3.63) is 90.3 Å². The van der Waals surface area contributed by atoms with Crippen molar-refractivity contribution in [1.29, 1.82) is 0 Å². The number of carbonyl (C=O) groups excluding carboxylic acids is 1. The number of rotatable bonds is 7. The van der Waals surface area contributed by atoms with Crippen LogP contribution in [-0.4, -0.2) is 23.0 Å². The summed E-state index contributed by atoms with van der Waals surface area (Å²) in [5.41, 5.74) is 2.69. The SMILES string of the molecule is C[C@@]1(C(=O)NCc2ccc(OCc3ccccc3)cc2)CCCN1c1ccncc1. The highest BCUT2D eigenvalue weighted by Gasteiger charge is 2.43. The van der Waals surface area contributed by atoms with Crippen LogP contribution >= 0.6 is 0 Å². The zero-order chi connectivity index (χ0) is 20.8. The minimum absolute atomic E-state index is 0.0567. The Hall–Kier alpha value is -3.34. The quantitative estimate of drug-likeness (QED) is 0.640. The number of amides is 1. The Morgan fingerprint density at radius 1 is 1.03 bits per heavy atom. The number of pyridine rings is 1. The highest BCUT2D eigenvalue weighted by molar-refractivity contribution is 5.90. The molecule has 1 atom stereocenters. The van der Waals surface area contributed by atoms with Crippen molar-refractivity contribution >= 4 is 11.6 Å². The molecule has 5 nitrogen and oxygen atoms in total. The lowest BCUT2D eigenvalue weighted by atomic mass is 9.97. The van der Waals surface area contributed by atoms with Crippen LogP contribution in [0.25, 0.3) is 0 Å². The molecule has 0 spiro atoms. The second kappa shape index (κ2) is 8.99. The van der Waals surface area contributed by atoms with E-state index in [1.54, 1.807) is 12.4 Å². The third-order valence-corrected chi connectivity index (χ3v) is 5.73. The fourth-order valence-electron chi connectivity index (χ4n) is 3.95. The monoisotopic (exact) mass is 401 g/mol. The maximum absolute atomic E-state index is 13.1. The second-order valence-electron chi connectivity index (χ2n) is 7.84. The van der Waals surface area contributed by atoms with E-state index in [2.05, 4.69) is 15.2 Å². The summed E-state index contributed by atoms with van der Waals surface area (Å²) in [6.45, 7) is 3.94. The number of aromatic nitrogens is 1. The number of anilines is 1. The largest absolute Gasteiger partial charge is 0.489 e. The van der Waals surface area contributed by atoms with Crippen molar-refractivity contribution in [2.24, 2.45) is 0 Å². The van der Waals surface area contributed by atoms with Gasteiger partial charge in [0.15, 0.2) is 0 Å². The van der Waals surface area contributed by atoms with E-state index in [9.17, 15) is 4.79 Å². The van der Waals surface area contributed by atoms with E-state index in [0.29, 0.717) is 13.2 Å². The van der Waals surface area contributed by atoms with Crippen molar-refractivity contribution in [1.82, 2.24) is 10.3 Å². The third kappa shape index (κ3) is 4.46. The molecule has 1 aliphatic rings. The number of nitrogens with one attached hydrogen (secondary N) is 1. The van der Waals surface area contributed by atoms with Crippen molar-refractivity contribution in [3.63, 3.8) is 0 Å². The molecule has 5 heteroatoms. The first-order valence-electron chi connectivity index (χ1n) is 10.4. The highest BCUT2D eigenvalue weighted by Crippen LogP contribution is 2.34. The van der Waals surface area contributed by atoms with Crippen molar-refractivity contribution in [2.75, 3.05) is 11.4 Å². The van der Waals surface area contributed by atoms with E-state index in [0.717, 1.165) is 42.0 Å². The summed E-state index contributed by atoms with van der Waals surface area (Å²) in [5, 5.41) is 3.12. The van der Waals surface area contributed by atoms with Gasteiger partial charge in [0.05, 0.1) is 0 Å². The molecule has 1 fully saturated rings. The van der Waals surface area contributed by atoms with Gasteiger partial charge in [0.25, 0.3) is 0 Å². The number of ether oxygens (including phenoxy) is 1. The van der Waals surface area contributed by atoms with E-state index in [1.807, 2.05) is 73.7 Å². The van der Waals surface area contributed by atoms with Gasteiger partial charge in [0.2, 0.25) is 5.91 Å². The van der Waals surface area contributed by atoms with Gasteiger partial charge in [-0.25, -0.2) is 0 Å². The minimum atomic E-state index is -0.542. The molecule has 154 valence electrons. The van der Waals surface area contributed by atoms with E-state index in [1.165, 1.54) is 0 Å². The van der Waals surface area contributed by atoms with Gasteiger partial charge >= 0.3 is 0 Å². The van der Waals surface area contributed by atoms with Crippen LogP contribution in [0.15, 0.2) is 79.1 Å². The maximum atomic E-state index is 13.1. The van der Waals surface area contributed by atoms with Crippen LogP contribution in [-0.2, 0) is 17.9 Å². The molecular formula is C25H27N3O2. The lowest BCUT2D eigenvalue weighted by Crippen LogP contribution is -2.53. The van der Waals surface area contributed by atoms with Crippen LogP contribution in [0.1, 0.15) is 30.9 Å². The first kappa shape index (κ1) is 20.0. The average molecular weight is 402 g/mol. The summed E-state index contributed by atoms with van der Waals surface area (Å²) in [5.74, 6) is 0.877. The fraction of sp³-hybridized carbons (Fsp3) is 0.280. The standard InChI is InChI=1S/C25H27N3O2/c1-25(14-5-17-28(25)22-12-15-26-16-13-22)24(29)27-18-20-8-10-23(11-9-20)30-19-21-6-3-2-4-7-21/h2-4,6-13,15-16H,5,14,17-19H2,1H3,(H,27,29)/t25-/m0/s1. The predicted octanol–water partition coefficient (Wildman–Crippen LogP) is 4.34. The molecular weight excluding hydrogens is 374 g/mol. The Balaban J connectivity index is 1.33. The molecule has 2 aromatic carbocycles. The summed E-state index contributed by atoms with van der Waals surface area (Å²) in [6.07, 6.45) is 5.38. The molecule has 30 heavy (non-hydrogen) atoms. The molecule has 0 unspecified atom stereocenters. The molecule has 1 aliphatic heterocycles. The molecule has 1 amide bonds. The number of hydrogen-bond acceptors (Lipinski definition) is 4. The topological polar surface area (TPSA) is 54.5 Å². The van der Waals surface area contributed by atoms with Crippen LogP contribution in [0.2, 0.25) is 0 Å². The number of hydrogen-bond donors (Lipinski definition) is 1. The van der Waals surface area contributed by atoms with E-state index in [4.69, 9.17) is 4.74 Å². The fourth-order valence-corrected chi connectivity index (χ4v) is 3.95. The Kier molecular flexibility index (Phi) is 5.98. The first-order valence-corrected chi connectivity index (χ1v) is 10.4. The molecule has 2 heterocycles. The van der Waals surface area contributed by atoms with Crippen LogP contribution in [0.4, 0.5) is 5.69 Å². The molecule has 1 saturated heterocycles. The maximum Gasteiger partial charge on any atom is 0.245 e. The van der Waals surface area contributed by atoms with E-state index in [-0.39, 0.29) is 5.91 Å². The van der Waals surface area contributed by atoms with Crippen LogP contribution < -0.4 is 15.0 Å². The van der Waals surface area contributed by atoms with Gasteiger partial charge in [-0.15, -0.1) is 0 Å². The Bertz CT molecular complexity index is 961. The van der Waals surface area contributed by atoms with Crippen molar-refractivity contribution in [3.8, 4) is 5.75 Å². The Morgan fingerprint density at radius 3 is 2.50 bits per heavy atom. The van der Waals surface area contributed by atoms with Gasteiger partial charge in [0, 0.05) is 31.2 Å². The second-order valence-corrected chi connectivity index (χ2v) is 7.84. The van der Waals surface area contributed by atoms with Gasteiger partial charge in [-0.1, -0.05) is 42.5 Å². The van der Waals surface area contributed by atoms with Gasteiger partial charge in [0.1, 0.15) is 17.9 Å². The van der Waals surface area contributed by atoms with Gasteiger partial charge in [-0.05, 0) is 55.2 Å². The molecule has 0 radical (unpaired) electrons. The number of nitrogens with zero attached hydrogens (tertiary/aromatic N) is 2. The van der Waals surface area contributed by atoms with Gasteiger partial charge < -0.3 is 15.0 Å². The first-order chi connectivity index (χ1) is 14.6. The normalized spacial score (nSPS) is 18.2. The van der Waals surface area contributed by atoms with Crippen LogP contribution in [0, 0.1) is 0 Å². The summed E-state index contributed by atoms with van der Waals surface area (Å²) in [7, 11) is 0. The zero-order valence-electron chi connectivity index (χ0n) is 17.3. The lowest BCUT2D eigenvalue weighted by molar-refractivity contribution is -0.125. The van der Waals surface area contributed by atoms with Crippen LogP contribution in [0.5, 0.6) is 5.75 Å². The molecule has 0 aliphatic carbocycles. The van der Waals surface area contributed by atoms with Crippen molar-refractivity contribution in [2.45, 2.75) is 38.5 Å². The number of carbonyl (C=O) groups is 1. The molecule has 3 aromatic rings. The third-order valence-electron chi connectivity index (χ3n) is 5.73. The van der Waals surface area contributed by atoms with Crippen LogP contribution in [0.3, 0.4) is 0 Å². The predicted molar refractivity (Wildman–Crippen MR) is 118 cm³/mol. The van der Waals surface area contributed by atoms with Gasteiger partial charge in [-0.2, -0.15) is 0 Å².